The monoisotopic (exact) mass is 343 g/mol. The van der Waals surface area contributed by atoms with Crippen molar-refractivity contribution < 1.29 is 4.79 Å². The van der Waals surface area contributed by atoms with Crippen molar-refractivity contribution >= 4 is 11.6 Å². The van der Waals surface area contributed by atoms with Gasteiger partial charge in [-0.25, -0.2) is 0 Å². The van der Waals surface area contributed by atoms with Gasteiger partial charge in [-0.2, -0.15) is 0 Å². The first kappa shape index (κ1) is 16.8. The molecular weight excluding hydrogens is 314 g/mol. The van der Waals surface area contributed by atoms with Gasteiger partial charge in [-0.15, -0.1) is 0 Å². The molecule has 1 saturated carbocycles. The molecule has 0 radical (unpaired) electrons. The second-order valence-electron chi connectivity index (χ2n) is 8.35. The number of rotatable bonds is 3. The number of amides is 1. The molecule has 2 aliphatic heterocycles. The van der Waals surface area contributed by atoms with Crippen molar-refractivity contribution in [1.82, 2.24) is 9.47 Å². The summed E-state index contributed by atoms with van der Waals surface area (Å²) in [6.45, 7) is 4.04. The SMILES string of the molecule is Cn1cc(N2C[C@]3(CCCN(CC4CCCCC4)C3)C2=O)ccc1=O. The minimum atomic E-state index is -0.179. The zero-order valence-electron chi connectivity index (χ0n) is 15.2. The third kappa shape index (κ3) is 3.14. The van der Waals surface area contributed by atoms with Gasteiger partial charge in [0.15, 0.2) is 0 Å². The van der Waals surface area contributed by atoms with Crippen LogP contribution in [0.4, 0.5) is 5.69 Å². The Morgan fingerprint density at radius 1 is 1.08 bits per heavy atom. The number of β-lactam (4-membered cyclic amide) rings is 1. The number of pyridine rings is 1. The summed E-state index contributed by atoms with van der Waals surface area (Å²) in [4.78, 5) is 28.9. The van der Waals surface area contributed by atoms with Crippen molar-refractivity contribution in [1.29, 1.82) is 0 Å². The highest BCUT2D eigenvalue weighted by Gasteiger charge is 2.54. The number of nitrogens with zero attached hydrogens (tertiary/aromatic N) is 3. The third-order valence-electron chi connectivity index (χ3n) is 6.44. The lowest BCUT2D eigenvalue weighted by Gasteiger charge is -2.53. The second kappa shape index (κ2) is 6.60. The molecular formula is C20H29N3O2. The van der Waals surface area contributed by atoms with E-state index in [2.05, 4.69) is 4.90 Å². The maximum atomic E-state index is 13.0. The Morgan fingerprint density at radius 3 is 2.60 bits per heavy atom. The van der Waals surface area contributed by atoms with Crippen LogP contribution in [0.3, 0.4) is 0 Å². The lowest BCUT2D eigenvalue weighted by molar-refractivity contribution is -0.139. The van der Waals surface area contributed by atoms with Gasteiger partial charge in [0.2, 0.25) is 11.5 Å². The number of carbonyl (C=O) groups excluding carboxylic acids is 1. The summed E-state index contributed by atoms with van der Waals surface area (Å²) in [6, 6.07) is 3.32. The molecule has 1 spiro atoms. The fourth-order valence-electron chi connectivity index (χ4n) is 5.01. The van der Waals surface area contributed by atoms with Gasteiger partial charge in [0.1, 0.15) is 0 Å². The van der Waals surface area contributed by atoms with Crippen molar-refractivity contribution in [3.8, 4) is 0 Å². The molecule has 5 heteroatoms. The summed E-state index contributed by atoms with van der Waals surface area (Å²) < 4.78 is 1.55. The average molecular weight is 343 g/mol. The van der Waals surface area contributed by atoms with Crippen molar-refractivity contribution in [2.24, 2.45) is 18.4 Å². The molecule has 1 aromatic heterocycles. The molecule has 0 N–H and O–H groups in total. The van der Waals surface area contributed by atoms with Crippen LogP contribution < -0.4 is 10.5 Å². The molecule has 3 heterocycles. The zero-order valence-corrected chi connectivity index (χ0v) is 15.2. The van der Waals surface area contributed by atoms with Crippen LogP contribution in [-0.2, 0) is 11.8 Å². The molecule has 25 heavy (non-hydrogen) atoms. The first-order chi connectivity index (χ1) is 12.1. The number of hydrogen-bond acceptors (Lipinski definition) is 3. The number of likely N-dealkylation sites (tertiary alicyclic amines) is 1. The highest BCUT2D eigenvalue weighted by Crippen LogP contribution is 2.42. The Labute approximate surface area is 149 Å². The van der Waals surface area contributed by atoms with Crippen LogP contribution in [0.5, 0.6) is 0 Å². The number of hydrogen-bond donors (Lipinski definition) is 0. The minimum absolute atomic E-state index is 0.0391. The number of carbonyl (C=O) groups is 1. The van der Waals surface area contributed by atoms with Crippen molar-refractivity contribution in [2.45, 2.75) is 44.9 Å². The predicted molar refractivity (Wildman–Crippen MR) is 98.7 cm³/mol. The fourth-order valence-corrected chi connectivity index (χ4v) is 5.01. The van der Waals surface area contributed by atoms with Gasteiger partial charge in [0.05, 0.1) is 11.1 Å². The van der Waals surface area contributed by atoms with E-state index in [9.17, 15) is 9.59 Å². The smallest absolute Gasteiger partial charge is 0.250 e. The van der Waals surface area contributed by atoms with Crippen molar-refractivity contribution in [3.05, 3.63) is 28.7 Å². The van der Waals surface area contributed by atoms with E-state index < -0.39 is 0 Å². The van der Waals surface area contributed by atoms with E-state index in [1.54, 1.807) is 29.9 Å². The molecule has 3 aliphatic rings. The second-order valence-corrected chi connectivity index (χ2v) is 8.35. The molecule has 5 nitrogen and oxygen atoms in total. The summed E-state index contributed by atoms with van der Waals surface area (Å²) in [5, 5.41) is 0. The van der Waals surface area contributed by atoms with Crippen LogP contribution in [0, 0.1) is 11.3 Å². The van der Waals surface area contributed by atoms with Crippen LogP contribution in [-0.4, -0.2) is 41.6 Å². The van der Waals surface area contributed by atoms with Gasteiger partial charge < -0.3 is 14.4 Å². The number of anilines is 1. The van der Waals surface area contributed by atoms with Gasteiger partial charge in [-0.1, -0.05) is 19.3 Å². The maximum Gasteiger partial charge on any atom is 0.250 e. The Balaban J connectivity index is 1.41. The molecule has 136 valence electrons. The Morgan fingerprint density at radius 2 is 1.88 bits per heavy atom. The zero-order chi connectivity index (χ0) is 17.4. The Hall–Kier alpha value is -1.62. The quantitative estimate of drug-likeness (QED) is 0.792. The topological polar surface area (TPSA) is 45.5 Å². The Kier molecular flexibility index (Phi) is 4.44. The first-order valence-corrected chi connectivity index (χ1v) is 9.78. The standard InChI is InChI=1S/C20H29N3O2/c1-21-13-17(8-9-18(21)24)23-15-20(19(23)25)10-5-11-22(14-20)12-16-6-3-2-4-7-16/h8-9,13,16H,2-7,10-12,14-15H2,1H3/t20-/m1/s1. The highest BCUT2D eigenvalue weighted by molar-refractivity contribution is 6.04. The van der Waals surface area contributed by atoms with E-state index in [0.717, 1.165) is 44.1 Å². The molecule has 1 atom stereocenters. The van der Waals surface area contributed by atoms with E-state index in [-0.39, 0.29) is 16.9 Å². The van der Waals surface area contributed by atoms with E-state index in [0.29, 0.717) is 0 Å². The van der Waals surface area contributed by atoms with Crippen LogP contribution in [0.2, 0.25) is 0 Å². The normalized spacial score (nSPS) is 28.4. The van der Waals surface area contributed by atoms with Gasteiger partial charge in [-0.05, 0) is 44.2 Å². The maximum absolute atomic E-state index is 13.0. The summed E-state index contributed by atoms with van der Waals surface area (Å²) in [6.07, 6.45) is 10.8. The van der Waals surface area contributed by atoms with Crippen LogP contribution in [0.1, 0.15) is 44.9 Å². The molecule has 3 fully saturated rings. The van der Waals surface area contributed by atoms with Gasteiger partial charge in [0, 0.05) is 38.9 Å². The largest absolute Gasteiger partial charge is 0.317 e. The summed E-state index contributed by atoms with van der Waals surface area (Å²) in [7, 11) is 1.73. The lowest BCUT2D eigenvalue weighted by Crippen LogP contribution is -2.67. The minimum Gasteiger partial charge on any atom is -0.317 e. The lowest BCUT2D eigenvalue weighted by atomic mass is 9.72. The number of aromatic nitrogens is 1. The predicted octanol–water partition coefficient (Wildman–Crippen LogP) is 2.39. The van der Waals surface area contributed by atoms with Crippen LogP contribution in [0.15, 0.2) is 23.1 Å². The Bertz CT molecular complexity index is 707. The van der Waals surface area contributed by atoms with Gasteiger partial charge >= 0.3 is 0 Å². The van der Waals surface area contributed by atoms with Gasteiger partial charge in [0.25, 0.3) is 0 Å². The number of aryl methyl sites for hydroxylation is 1. The van der Waals surface area contributed by atoms with E-state index >= 15 is 0 Å². The van der Waals surface area contributed by atoms with Gasteiger partial charge in [-0.3, -0.25) is 9.59 Å². The average Bonchev–Trinajstić information content (AvgIpc) is 2.63. The molecule has 0 bridgehead atoms. The molecule has 1 amide bonds. The first-order valence-electron chi connectivity index (χ1n) is 9.78. The molecule has 2 saturated heterocycles. The van der Waals surface area contributed by atoms with Crippen molar-refractivity contribution in [3.63, 3.8) is 0 Å². The summed E-state index contributed by atoms with van der Waals surface area (Å²) >= 11 is 0. The fraction of sp³-hybridized carbons (Fsp3) is 0.700. The molecule has 1 aromatic rings. The molecule has 0 aromatic carbocycles. The van der Waals surface area contributed by atoms with E-state index in [4.69, 9.17) is 0 Å². The molecule has 0 unspecified atom stereocenters. The number of piperidine rings is 1. The summed E-state index contributed by atoms with van der Waals surface area (Å²) in [5.74, 6) is 1.08. The summed E-state index contributed by atoms with van der Waals surface area (Å²) in [5.41, 5.74) is 0.631. The van der Waals surface area contributed by atoms with Crippen LogP contribution in [0.25, 0.3) is 0 Å². The third-order valence-corrected chi connectivity index (χ3v) is 6.44. The van der Waals surface area contributed by atoms with Crippen LogP contribution >= 0.6 is 0 Å². The highest BCUT2D eigenvalue weighted by atomic mass is 16.2. The molecule has 4 rings (SSSR count). The van der Waals surface area contributed by atoms with E-state index in [1.807, 2.05) is 4.90 Å². The van der Waals surface area contributed by atoms with E-state index in [1.165, 1.54) is 38.6 Å². The molecule has 1 aliphatic carbocycles. The van der Waals surface area contributed by atoms with Crippen molar-refractivity contribution in [2.75, 3.05) is 31.1 Å².